The first kappa shape index (κ1) is 19.3. The normalized spacial score (nSPS) is 14.2. The van der Waals surface area contributed by atoms with Crippen LogP contribution in [0.25, 0.3) is 33.5 Å². The summed E-state index contributed by atoms with van der Waals surface area (Å²) in [5.74, 6) is 0.0610. The molecule has 1 saturated heterocycles. The fourth-order valence-corrected chi connectivity index (χ4v) is 3.80. The van der Waals surface area contributed by atoms with Crippen LogP contribution in [0.1, 0.15) is 10.4 Å². The molecule has 1 amide bonds. The first-order chi connectivity index (χ1) is 15.1. The van der Waals surface area contributed by atoms with Gasteiger partial charge in [-0.25, -0.2) is 14.4 Å². The molecule has 1 fully saturated rings. The molecule has 0 bridgehead atoms. The van der Waals surface area contributed by atoms with Gasteiger partial charge in [-0.15, -0.1) is 0 Å². The van der Waals surface area contributed by atoms with Gasteiger partial charge in [-0.05, 0) is 24.3 Å². The number of halogens is 1. The fraction of sp³-hybridized carbons (Fsp3) is 0.217. The molecule has 0 unspecified atom stereocenters. The molecule has 0 N–H and O–H groups in total. The van der Waals surface area contributed by atoms with Gasteiger partial charge in [-0.2, -0.15) is 5.10 Å². The number of ether oxygens (including phenoxy) is 1. The lowest BCUT2D eigenvalue weighted by atomic mass is 10.1. The lowest BCUT2D eigenvalue weighted by molar-refractivity contribution is 0.0303. The van der Waals surface area contributed by atoms with Gasteiger partial charge in [0.2, 0.25) is 0 Å². The summed E-state index contributed by atoms with van der Waals surface area (Å²) < 4.78 is 21.1. The largest absolute Gasteiger partial charge is 0.378 e. The smallest absolute Gasteiger partial charge is 0.254 e. The third-order valence-electron chi connectivity index (χ3n) is 5.44. The van der Waals surface area contributed by atoms with Gasteiger partial charge >= 0.3 is 0 Å². The molecule has 4 aromatic rings. The lowest BCUT2D eigenvalue weighted by Crippen LogP contribution is -2.40. The molecule has 0 atom stereocenters. The average Bonchev–Trinajstić information content (AvgIpc) is 3.15. The highest BCUT2D eigenvalue weighted by molar-refractivity contribution is 6.01. The van der Waals surface area contributed by atoms with E-state index in [0.717, 1.165) is 10.9 Å². The molecule has 7 nitrogen and oxygen atoms in total. The second kappa shape index (κ2) is 7.88. The van der Waals surface area contributed by atoms with E-state index in [9.17, 15) is 9.18 Å². The number of hydrogen-bond acceptors (Lipinski definition) is 5. The van der Waals surface area contributed by atoms with Crippen LogP contribution in [0.3, 0.4) is 0 Å². The van der Waals surface area contributed by atoms with Gasteiger partial charge in [0.25, 0.3) is 5.91 Å². The van der Waals surface area contributed by atoms with Gasteiger partial charge in [0.05, 0.1) is 18.7 Å². The molecule has 1 aliphatic heterocycles. The van der Waals surface area contributed by atoms with Crippen molar-refractivity contribution in [1.82, 2.24) is 24.6 Å². The van der Waals surface area contributed by atoms with E-state index in [1.165, 1.54) is 6.07 Å². The summed E-state index contributed by atoms with van der Waals surface area (Å²) in [7, 11) is 1.84. The van der Waals surface area contributed by atoms with Crippen LogP contribution in [0.5, 0.6) is 0 Å². The maximum absolute atomic E-state index is 14.1. The predicted molar refractivity (Wildman–Crippen MR) is 114 cm³/mol. The molecular weight excluding hydrogens is 397 g/mol. The molecule has 0 aliphatic carbocycles. The number of amides is 1. The minimum Gasteiger partial charge on any atom is -0.378 e. The second-order valence-electron chi connectivity index (χ2n) is 7.38. The molecule has 2 aromatic carbocycles. The van der Waals surface area contributed by atoms with E-state index in [1.807, 2.05) is 25.2 Å². The van der Waals surface area contributed by atoms with Crippen molar-refractivity contribution in [2.75, 3.05) is 26.3 Å². The number of fused-ring (bicyclic) bond motifs is 1. The zero-order chi connectivity index (χ0) is 21.4. The van der Waals surface area contributed by atoms with Crippen molar-refractivity contribution >= 4 is 16.8 Å². The summed E-state index contributed by atoms with van der Waals surface area (Å²) >= 11 is 0. The van der Waals surface area contributed by atoms with E-state index in [0.29, 0.717) is 54.5 Å². The SMILES string of the molecule is Cn1nc(-c2ncc(-c3ccccc3F)cn2)c2cc(C(=O)N3CCOCC3)ccc21. The summed E-state index contributed by atoms with van der Waals surface area (Å²) in [6.45, 7) is 2.26. The Morgan fingerprint density at radius 2 is 1.81 bits per heavy atom. The molecule has 0 spiro atoms. The van der Waals surface area contributed by atoms with Gasteiger partial charge in [-0.3, -0.25) is 9.48 Å². The van der Waals surface area contributed by atoms with Crippen LogP contribution in [0.4, 0.5) is 4.39 Å². The fourth-order valence-electron chi connectivity index (χ4n) is 3.80. The summed E-state index contributed by atoms with van der Waals surface area (Å²) in [4.78, 5) is 23.6. The van der Waals surface area contributed by atoms with Gasteiger partial charge in [0.1, 0.15) is 11.5 Å². The lowest BCUT2D eigenvalue weighted by Gasteiger charge is -2.26. The molecule has 156 valence electrons. The Hall–Kier alpha value is -3.65. The monoisotopic (exact) mass is 417 g/mol. The Labute approximate surface area is 178 Å². The predicted octanol–water partition coefficient (Wildman–Crippen LogP) is 3.31. The molecule has 5 rings (SSSR count). The maximum Gasteiger partial charge on any atom is 0.254 e. The average molecular weight is 417 g/mol. The molecule has 3 heterocycles. The number of carbonyl (C=O) groups excluding carboxylic acids is 1. The van der Waals surface area contributed by atoms with E-state index in [4.69, 9.17) is 4.74 Å². The third kappa shape index (κ3) is 3.55. The van der Waals surface area contributed by atoms with Crippen molar-refractivity contribution in [2.45, 2.75) is 0 Å². The topological polar surface area (TPSA) is 73.1 Å². The quantitative estimate of drug-likeness (QED) is 0.511. The van der Waals surface area contributed by atoms with E-state index < -0.39 is 0 Å². The van der Waals surface area contributed by atoms with Crippen molar-refractivity contribution in [3.05, 3.63) is 66.2 Å². The van der Waals surface area contributed by atoms with Crippen LogP contribution in [-0.4, -0.2) is 56.9 Å². The van der Waals surface area contributed by atoms with E-state index >= 15 is 0 Å². The standard InChI is InChI=1S/C23H20FN5O2/c1-28-20-7-6-15(23(30)29-8-10-31-11-9-29)12-18(20)21(27-28)22-25-13-16(14-26-22)17-4-2-3-5-19(17)24/h2-7,12-14H,8-11H2,1H3. The maximum atomic E-state index is 14.1. The first-order valence-corrected chi connectivity index (χ1v) is 10.0. The van der Waals surface area contributed by atoms with Gasteiger partial charge in [-0.1, -0.05) is 18.2 Å². The Bertz CT molecular complexity index is 1260. The molecule has 0 radical (unpaired) electrons. The Kier molecular flexibility index (Phi) is 4.91. The van der Waals surface area contributed by atoms with E-state index in [1.54, 1.807) is 40.2 Å². The highest BCUT2D eigenvalue weighted by Gasteiger charge is 2.21. The van der Waals surface area contributed by atoms with Crippen molar-refractivity contribution < 1.29 is 13.9 Å². The number of morpholine rings is 1. The Morgan fingerprint density at radius 1 is 1.06 bits per heavy atom. The summed E-state index contributed by atoms with van der Waals surface area (Å²) in [6.07, 6.45) is 3.17. The number of aryl methyl sites for hydroxylation is 1. The van der Waals surface area contributed by atoms with E-state index in [-0.39, 0.29) is 11.7 Å². The van der Waals surface area contributed by atoms with Gasteiger partial charge in [0.15, 0.2) is 5.82 Å². The summed E-state index contributed by atoms with van der Waals surface area (Å²) in [6, 6.07) is 12.0. The number of rotatable bonds is 3. The highest BCUT2D eigenvalue weighted by Crippen LogP contribution is 2.28. The van der Waals surface area contributed by atoms with Crippen LogP contribution in [0.2, 0.25) is 0 Å². The van der Waals surface area contributed by atoms with Crippen molar-refractivity contribution in [3.63, 3.8) is 0 Å². The number of hydrogen-bond donors (Lipinski definition) is 0. The zero-order valence-corrected chi connectivity index (χ0v) is 17.0. The van der Waals surface area contributed by atoms with Crippen LogP contribution in [0, 0.1) is 5.82 Å². The Balaban J connectivity index is 1.52. The van der Waals surface area contributed by atoms with Crippen LogP contribution < -0.4 is 0 Å². The minimum absolute atomic E-state index is 0.0316. The molecule has 8 heteroatoms. The van der Waals surface area contributed by atoms with Crippen LogP contribution in [0.15, 0.2) is 54.9 Å². The number of benzene rings is 2. The number of carbonyl (C=O) groups is 1. The number of aromatic nitrogens is 4. The molecule has 1 aliphatic rings. The van der Waals surface area contributed by atoms with Crippen LogP contribution in [-0.2, 0) is 11.8 Å². The summed E-state index contributed by atoms with van der Waals surface area (Å²) in [5, 5.41) is 5.36. The van der Waals surface area contributed by atoms with Gasteiger partial charge in [0, 0.05) is 54.6 Å². The highest BCUT2D eigenvalue weighted by atomic mass is 19.1. The van der Waals surface area contributed by atoms with Crippen molar-refractivity contribution in [3.8, 4) is 22.6 Å². The van der Waals surface area contributed by atoms with Crippen LogP contribution >= 0.6 is 0 Å². The zero-order valence-electron chi connectivity index (χ0n) is 17.0. The molecular formula is C23H20FN5O2. The summed E-state index contributed by atoms with van der Waals surface area (Å²) in [5.41, 5.74) is 3.07. The molecule has 2 aromatic heterocycles. The first-order valence-electron chi connectivity index (χ1n) is 10.0. The van der Waals surface area contributed by atoms with E-state index in [2.05, 4.69) is 15.1 Å². The number of nitrogens with zero attached hydrogens (tertiary/aromatic N) is 5. The third-order valence-corrected chi connectivity index (χ3v) is 5.44. The molecule has 0 saturated carbocycles. The second-order valence-corrected chi connectivity index (χ2v) is 7.38. The molecule has 31 heavy (non-hydrogen) atoms. The minimum atomic E-state index is -0.326. The van der Waals surface area contributed by atoms with Crippen molar-refractivity contribution in [2.24, 2.45) is 7.05 Å². The Morgan fingerprint density at radius 3 is 2.55 bits per heavy atom. The van der Waals surface area contributed by atoms with Gasteiger partial charge < -0.3 is 9.64 Å². The van der Waals surface area contributed by atoms with Crippen molar-refractivity contribution in [1.29, 1.82) is 0 Å².